The average Bonchev–Trinajstić information content (AvgIpc) is 2.52. The minimum absolute atomic E-state index is 0.194. The van der Waals surface area contributed by atoms with Crippen molar-refractivity contribution >= 4 is 0 Å². The highest BCUT2D eigenvalue weighted by Gasteiger charge is 2.40. The van der Waals surface area contributed by atoms with E-state index in [4.69, 9.17) is 5.73 Å². The quantitative estimate of drug-likeness (QED) is 0.744. The van der Waals surface area contributed by atoms with Crippen LogP contribution in [-0.4, -0.2) is 21.5 Å². The Hall–Kier alpha value is -0.900. The van der Waals surface area contributed by atoms with E-state index >= 15 is 0 Å². The fourth-order valence-corrected chi connectivity index (χ4v) is 2.07. The van der Waals surface area contributed by atoms with Crippen molar-refractivity contribution in [2.24, 2.45) is 5.73 Å². The van der Waals surface area contributed by atoms with Crippen molar-refractivity contribution in [3.8, 4) is 0 Å². The Balaban J connectivity index is 2.32. The van der Waals surface area contributed by atoms with Gasteiger partial charge in [0.2, 0.25) is 0 Å². The Bertz CT molecular complexity index is 282. The van der Waals surface area contributed by atoms with E-state index in [0.717, 1.165) is 13.1 Å². The van der Waals surface area contributed by atoms with Crippen LogP contribution < -0.4 is 5.73 Å². The molecule has 1 aromatic rings. The Labute approximate surface area is 78.1 Å². The molecule has 0 radical (unpaired) electrons. The van der Waals surface area contributed by atoms with Gasteiger partial charge < -0.3 is 5.73 Å². The van der Waals surface area contributed by atoms with Crippen molar-refractivity contribution in [3.05, 3.63) is 11.9 Å². The fourth-order valence-electron chi connectivity index (χ4n) is 2.07. The molecule has 0 spiro atoms. The van der Waals surface area contributed by atoms with Crippen molar-refractivity contribution in [1.29, 1.82) is 0 Å². The summed E-state index contributed by atoms with van der Waals surface area (Å²) in [6.07, 6.45) is 5.54. The molecule has 1 aliphatic carbocycles. The summed E-state index contributed by atoms with van der Waals surface area (Å²) in [4.78, 5) is 0. The van der Waals surface area contributed by atoms with Crippen LogP contribution in [0.2, 0.25) is 0 Å². The standard InChI is InChI=1S/C9H16N4/c1-2-13-8(6-11-12-13)9(7-10)4-3-5-9/h6H,2-5,7,10H2,1H3. The summed E-state index contributed by atoms with van der Waals surface area (Å²) in [5.74, 6) is 0. The molecule has 4 heteroatoms. The van der Waals surface area contributed by atoms with Gasteiger partial charge in [0.15, 0.2) is 0 Å². The summed E-state index contributed by atoms with van der Waals surface area (Å²) in [7, 11) is 0. The van der Waals surface area contributed by atoms with Gasteiger partial charge >= 0.3 is 0 Å². The Morgan fingerprint density at radius 1 is 1.62 bits per heavy atom. The van der Waals surface area contributed by atoms with Crippen LogP contribution in [0.5, 0.6) is 0 Å². The fraction of sp³-hybridized carbons (Fsp3) is 0.778. The third-order valence-corrected chi connectivity index (χ3v) is 3.16. The molecule has 0 aromatic carbocycles. The number of aromatic nitrogens is 3. The summed E-state index contributed by atoms with van der Waals surface area (Å²) in [5, 5.41) is 7.99. The first-order chi connectivity index (χ1) is 6.32. The number of hydrogen-bond donors (Lipinski definition) is 1. The summed E-state index contributed by atoms with van der Waals surface area (Å²) < 4.78 is 1.96. The molecule has 0 aliphatic heterocycles. The van der Waals surface area contributed by atoms with Crippen LogP contribution in [0.25, 0.3) is 0 Å². The van der Waals surface area contributed by atoms with Gasteiger partial charge in [0.25, 0.3) is 0 Å². The van der Waals surface area contributed by atoms with Gasteiger partial charge in [-0.3, -0.25) is 0 Å². The Morgan fingerprint density at radius 3 is 2.85 bits per heavy atom. The SMILES string of the molecule is CCn1nncc1C1(CN)CCC1. The third-order valence-electron chi connectivity index (χ3n) is 3.16. The molecule has 0 amide bonds. The second-order valence-corrected chi connectivity index (χ2v) is 3.77. The van der Waals surface area contributed by atoms with Gasteiger partial charge in [-0.25, -0.2) is 4.68 Å². The lowest BCUT2D eigenvalue weighted by atomic mass is 9.67. The molecule has 1 aliphatic rings. The van der Waals surface area contributed by atoms with E-state index in [0.29, 0.717) is 0 Å². The Kier molecular flexibility index (Phi) is 2.07. The molecule has 1 aromatic heterocycles. The molecule has 1 fully saturated rings. The minimum Gasteiger partial charge on any atom is -0.330 e. The summed E-state index contributed by atoms with van der Waals surface area (Å²) >= 11 is 0. The number of aryl methyl sites for hydroxylation is 1. The van der Waals surface area contributed by atoms with Crippen molar-refractivity contribution in [2.45, 2.75) is 38.1 Å². The number of nitrogens with zero attached hydrogens (tertiary/aromatic N) is 3. The van der Waals surface area contributed by atoms with Gasteiger partial charge in [0.05, 0.1) is 11.9 Å². The summed E-state index contributed by atoms with van der Waals surface area (Å²) in [6.45, 7) is 3.69. The highest BCUT2D eigenvalue weighted by atomic mass is 15.4. The number of nitrogens with two attached hydrogens (primary N) is 1. The van der Waals surface area contributed by atoms with E-state index < -0.39 is 0 Å². The van der Waals surface area contributed by atoms with Gasteiger partial charge in [0, 0.05) is 18.5 Å². The molecule has 2 N–H and O–H groups in total. The summed E-state index contributed by atoms with van der Waals surface area (Å²) in [5.41, 5.74) is 7.23. The van der Waals surface area contributed by atoms with Crippen LogP contribution in [0.4, 0.5) is 0 Å². The zero-order valence-corrected chi connectivity index (χ0v) is 8.03. The topological polar surface area (TPSA) is 56.7 Å². The maximum Gasteiger partial charge on any atom is 0.0731 e. The first kappa shape index (κ1) is 8.69. The molecule has 0 unspecified atom stereocenters. The van der Waals surface area contributed by atoms with Gasteiger partial charge in [-0.2, -0.15) is 0 Å². The van der Waals surface area contributed by atoms with Gasteiger partial charge in [-0.05, 0) is 19.8 Å². The predicted octanol–water partition coefficient (Wildman–Crippen LogP) is 0.678. The summed E-state index contributed by atoms with van der Waals surface area (Å²) in [6, 6.07) is 0. The maximum absolute atomic E-state index is 5.81. The van der Waals surface area contributed by atoms with E-state index in [2.05, 4.69) is 17.2 Å². The van der Waals surface area contributed by atoms with E-state index in [-0.39, 0.29) is 5.41 Å². The lowest BCUT2D eigenvalue weighted by Crippen LogP contribution is -2.43. The van der Waals surface area contributed by atoms with Gasteiger partial charge in [-0.15, -0.1) is 5.10 Å². The van der Waals surface area contributed by atoms with Crippen molar-refractivity contribution in [3.63, 3.8) is 0 Å². The van der Waals surface area contributed by atoms with Crippen LogP contribution in [0.3, 0.4) is 0 Å². The molecule has 0 atom stereocenters. The van der Waals surface area contributed by atoms with Crippen LogP contribution in [-0.2, 0) is 12.0 Å². The molecule has 1 heterocycles. The lowest BCUT2D eigenvalue weighted by Gasteiger charge is -2.40. The molecule has 0 bridgehead atoms. The third kappa shape index (κ3) is 1.16. The molecular formula is C9H16N4. The van der Waals surface area contributed by atoms with Gasteiger partial charge in [-0.1, -0.05) is 11.6 Å². The molecule has 2 rings (SSSR count). The maximum atomic E-state index is 5.81. The van der Waals surface area contributed by atoms with Crippen LogP contribution >= 0.6 is 0 Å². The predicted molar refractivity (Wildman–Crippen MR) is 50.3 cm³/mol. The van der Waals surface area contributed by atoms with E-state index in [9.17, 15) is 0 Å². The van der Waals surface area contributed by atoms with E-state index in [1.165, 1.54) is 25.0 Å². The molecule has 4 nitrogen and oxygen atoms in total. The second-order valence-electron chi connectivity index (χ2n) is 3.77. The first-order valence-electron chi connectivity index (χ1n) is 4.91. The largest absolute Gasteiger partial charge is 0.330 e. The highest BCUT2D eigenvalue weighted by molar-refractivity contribution is 5.18. The Morgan fingerprint density at radius 2 is 2.38 bits per heavy atom. The van der Waals surface area contributed by atoms with Crippen LogP contribution in [0, 0.1) is 0 Å². The molecule has 72 valence electrons. The van der Waals surface area contributed by atoms with Gasteiger partial charge in [0.1, 0.15) is 0 Å². The lowest BCUT2D eigenvalue weighted by molar-refractivity contribution is 0.235. The number of hydrogen-bond acceptors (Lipinski definition) is 3. The van der Waals surface area contributed by atoms with E-state index in [1.807, 2.05) is 10.9 Å². The molecule has 1 saturated carbocycles. The van der Waals surface area contributed by atoms with Crippen molar-refractivity contribution in [1.82, 2.24) is 15.0 Å². The van der Waals surface area contributed by atoms with Crippen molar-refractivity contribution < 1.29 is 0 Å². The molecule has 0 saturated heterocycles. The molecular weight excluding hydrogens is 164 g/mol. The average molecular weight is 180 g/mol. The zero-order chi connectivity index (χ0) is 9.31. The van der Waals surface area contributed by atoms with Crippen LogP contribution in [0.1, 0.15) is 31.9 Å². The molecule has 13 heavy (non-hydrogen) atoms. The minimum atomic E-state index is 0.194. The first-order valence-corrected chi connectivity index (χ1v) is 4.91. The highest BCUT2D eigenvalue weighted by Crippen LogP contribution is 2.42. The normalized spacial score (nSPS) is 19.8. The van der Waals surface area contributed by atoms with Crippen LogP contribution in [0.15, 0.2) is 6.20 Å². The smallest absolute Gasteiger partial charge is 0.0731 e. The zero-order valence-electron chi connectivity index (χ0n) is 8.03. The van der Waals surface area contributed by atoms with E-state index in [1.54, 1.807) is 0 Å². The number of rotatable bonds is 3. The second kappa shape index (κ2) is 3.10. The van der Waals surface area contributed by atoms with Crippen molar-refractivity contribution in [2.75, 3.05) is 6.54 Å². The monoisotopic (exact) mass is 180 g/mol.